The van der Waals surface area contributed by atoms with E-state index in [9.17, 15) is 0 Å². The molecule has 0 bridgehead atoms. The van der Waals surface area contributed by atoms with Gasteiger partial charge in [-0.3, -0.25) is 0 Å². The highest BCUT2D eigenvalue weighted by atomic mass is 15.0. The Morgan fingerprint density at radius 3 is 1.73 bits per heavy atom. The van der Waals surface area contributed by atoms with Gasteiger partial charge in [0.15, 0.2) is 0 Å². The van der Waals surface area contributed by atoms with E-state index in [4.69, 9.17) is 0 Å². The van der Waals surface area contributed by atoms with Gasteiger partial charge in [-0.15, -0.1) is 0 Å². The van der Waals surface area contributed by atoms with Crippen molar-refractivity contribution < 1.29 is 0 Å². The van der Waals surface area contributed by atoms with Crippen molar-refractivity contribution in [2.45, 2.75) is 19.3 Å². The molecule has 240 valence electrons. The minimum Gasteiger partial charge on any atom is -0.309 e. The van der Waals surface area contributed by atoms with Gasteiger partial charge in [-0.05, 0) is 93.4 Å². The molecule has 1 aliphatic rings. The average molecular weight is 651 g/mol. The second-order valence-corrected chi connectivity index (χ2v) is 14.5. The Morgan fingerprint density at radius 1 is 0.412 bits per heavy atom. The maximum absolute atomic E-state index is 2.49. The summed E-state index contributed by atoms with van der Waals surface area (Å²) >= 11 is 0. The van der Waals surface area contributed by atoms with Gasteiger partial charge in [0.2, 0.25) is 0 Å². The Kier molecular flexibility index (Phi) is 5.76. The highest BCUT2D eigenvalue weighted by Crippen LogP contribution is 2.54. The molecule has 8 aromatic carbocycles. The Morgan fingerprint density at radius 2 is 0.980 bits per heavy atom. The number of hydrogen-bond donors (Lipinski definition) is 0. The van der Waals surface area contributed by atoms with E-state index in [1.165, 1.54) is 99.1 Å². The molecule has 0 radical (unpaired) electrons. The largest absolute Gasteiger partial charge is 0.309 e. The molecule has 2 heteroatoms. The van der Waals surface area contributed by atoms with Gasteiger partial charge in [0.1, 0.15) is 0 Å². The molecule has 1 aliphatic carbocycles. The third kappa shape index (κ3) is 3.88. The maximum Gasteiger partial charge on any atom is 0.0622 e. The van der Waals surface area contributed by atoms with E-state index in [-0.39, 0.29) is 5.41 Å². The van der Waals surface area contributed by atoms with Gasteiger partial charge >= 0.3 is 0 Å². The van der Waals surface area contributed by atoms with Crippen LogP contribution in [0, 0.1) is 0 Å². The van der Waals surface area contributed by atoms with Crippen LogP contribution in [0.25, 0.3) is 88.0 Å². The molecule has 0 N–H and O–H groups in total. The van der Waals surface area contributed by atoms with Crippen LogP contribution in [0.2, 0.25) is 0 Å². The van der Waals surface area contributed by atoms with Crippen LogP contribution in [-0.2, 0) is 5.41 Å². The molecule has 0 fully saturated rings. The first-order valence-electron chi connectivity index (χ1n) is 17.9. The number of fused-ring (bicyclic) bond motifs is 12. The van der Waals surface area contributed by atoms with Crippen molar-refractivity contribution in [2.75, 3.05) is 0 Å². The first-order chi connectivity index (χ1) is 25.1. The molecule has 51 heavy (non-hydrogen) atoms. The highest BCUT2D eigenvalue weighted by Gasteiger charge is 2.38. The lowest BCUT2D eigenvalue weighted by molar-refractivity contribution is 0.666. The summed E-state index contributed by atoms with van der Waals surface area (Å²) in [6.45, 7) is 4.82. The van der Waals surface area contributed by atoms with Crippen molar-refractivity contribution in [2.24, 2.45) is 0 Å². The minimum atomic E-state index is -0.179. The summed E-state index contributed by atoms with van der Waals surface area (Å²) < 4.78 is 4.87. The Labute approximate surface area is 296 Å². The van der Waals surface area contributed by atoms with Crippen molar-refractivity contribution in [1.29, 1.82) is 0 Å². The van der Waals surface area contributed by atoms with Gasteiger partial charge in [-0.2, -0.15) is 0 Å². The summed E-state index contributed by atoms with van der Waals surface area (Å²) in [5, 5.41) is 7.76. The summed E-state index contributed by atoms with van der Waals surface area (Å²) in [7, 11) is 0. The lowest BCUT2D eigenvalue weighted by Crippen LogP contribution is -2.16. The quantitative estimate of drug-likeness (QED) is 0.180. The average Bonchev–Trinajstić information content (AvgIpc) is 3.78. The first-order valence-corrected chi connectivity index (χ1v) is 17.9. The molecule has 0 atom stereocenters. The van der Waals surface area contributed by atoms with Gasteiger partial charge in [-0.1, -0.05) is 129 Å². The third-order valence-electron chi connectivity index (χ3n) is 11.5. The van der Waals surface area contributed by atoms with Crippen molar-refractivity contribution in [3.63, 3.8) is 0 Å². The summed E-state index contributed by atoms with van der Waals surface area (Å²) in [6, 6.07) is 62.7. The van der Waals surface area contributed by atoms with E-state index >= 15 is 0 Å². The van der Waals surface area contributed by atoms with Crippen molar-refractivity contribution >= 4 is 54.4 Å². The minimum absolute atomic E-state index is 0.179. The molecule has 0 spiro atoms. The fourth-order valence-corrected chi connectivity index (χ4v) is 9.22. The predicted octanol–water partition coefficient (Wildman–Crippen LogP) is 13.0. The Bertz CT molecular complexity index is 3030. The zero-order valence-electron chi connectivity index (χ0n) is 28.6. The highest BCUT2D eigenvalue weighted by molar-refractivity contribution is 6.21. The molecule has 0 saturated heterocycles. The number of rotatable bonds is 3. The van der Waals surface area contributed by atoms with Crippen LogP contribution < -0.4 is 0 Å². The van der Waals surface area contributed by atoms with Gasteiger partial charge < -0.3 is 9.13 Å². The van der Waals surface area contributed by atoms with Crippen molar-refractivity contribution in [1.82, 2.24) is 9.13 Å². The predicted molar refractivity (Wildman–Crippen MR) is 216 cm³/mol. The summed E-state index contributed by atoms with van der Waals surface area (Å²) in [4.78, 5) is 0. The topological polar surface area (TPSA) is 9.86 Å². The molecule has 0 aliphatic heterocycles. The van der Waals surface area contributed by atoms with Gasteiger partial charge in [0.05, 0.1) is 22.1 Å². The Balaban J connectivity index is 1.15. The molecule has 0 amide bonds. The molecule has 2 aromatic heterocycles. The standard InChI is InChI=1S/C49H34N2/c1-49(2)42-27-23-32(33-24-28-45-41(30-33)37-18-10-11-19-43(37)50(45)34-13-5-3-6-14-34)29-40(42)38-25-21-31-22-26-39-36-17-9-12-20-44(36)51(35-15-7-4-8-16-35)48(39)46(31)47(38)49/h3-30H,1-2H3. The summed E-state index contributed by atoms with van der Waals surface area (Å²) in [6.07, 6.45) is 0. The van der Waals surface area contributed by atoms with Crippen molar-refractivity contribution in [3.8, 4) is 33.6 Å². The van der Waals surface area contributed by atoms with Crippen LogP contribution >= 0.6 is 0 Å². The maximum atomic E-state index is 2.49. The zero-order valence-corrected chi connectivity index (χ0v) is 28.6. The molecule has 2 heterocycles. The lowest BCUT2D eigenvalue weighted by atomic mass is 9.79. The summed E-state index contributed by atoms with van der Waals surface area (Å²) in [5.74, 6) is 0. The molecular weight excluding hydrogens is 617 g/mol. The monoisotopic (exact) mass is 650 g/mol. The molecule has 0 unspecified atom stereocenters. The van der Waals surface area contributed by atoms with E-state index in [2.05, 4.69) is 193 Å². The van der Waals surface area contributed by atoms with E-state index in [1.807, 2.05) is 0 Å². The van der Waals surface area contributed by atoms with E-state index in [1.54, 1.807) is 0 Å². The van der Waals surface area contributed by atoms with E-state index in [0.29, 0.717) is 0 Å². The number of para-hydroxylation sites is 4. The number of benzene rings is 8. The number of aromatic nitrogens is 2. The lowest BCUT2D eigenvalue weighted by Gasteiger charge is -2.24. The van der Waals surface area contributed by atoms with Crippen LogP contribution in [0.3, 0.4) is 0 Å². The van der Waals surface area contributed by atoms with Crippen LogP contribution in [0.5, 0.6) is 0 Å². The fourth-order valence-electron chi connectivity index (χ4n) is 9.22. The molecule has 11 rings (SSSR count). The third-order valence-corrected chi connectivity index (χ3v) is 11.5. The second kappa shape index (κ2) is 10.3. The SMILES string of the molecule is CC1(C)c2ccc(-c3ccc4c(c3)c3ccccc3n4-c3ccccc3)cc2-c2ccc3ccc4c5ccccc5n(-c5ccccc5)c4c3c21. The first kappa shape index (κ1) is 28.5. The normalized spacial score (nSPS) is 13.5. The molecule has 10 aromatic rings. The van der Waals surface area contributed by atoms with Crippen LogP contribution in [0.1, 0.15) is 25.0 Å². The van der Waals surface area contributed by atoms with Crippen LogP contribution in [-0.4, -0.2) is 9.13 Å². The smallest absolute Gasteiger partial charge is 0.0622 e. The van der Waals surface area contributed by atoms with Gasteiger partial charge in [0.25, 0.3) is 0 Å². The summed E-state index contributed by atoms with van der Waals surface area (Å²) in [5.41, 5.74) is 15.1. The van der Waals surface area contributed by atoms with E-state index in [0.717, 1.165) is 0 Å². The van der Waals surface area contributed by atoms with Gasteiger partial charge in [0, 0.05) is 43.7 Å². The zero-order chi connectivity index (χ0) is 33.8. The number of nitrogens with zero attached hydrogens (tertiary/aromatic N) is 2. The van der Waals surface area contributed by atoms with Crippen LogP contribution in [0.15, 0.2) is 170 Å². The molecular formula is C49H34N2. The fraction of sp³-hybridized carbons (Fsp3) is 0.0612. The molecule has 0 saturated carbocycles. The number of hydrogen-bond acceptors (Lipinski definition) is 0. The van der Waals surface area contributed by atoms with Gasteiger partial charge in [-0.25, -0.2) is 0 Å². The van der Waals surface area contributed by atoms with Crippen LogP contribution in [0.4, 0.5) is 0 Å². The van der Waals surface area contributed by atoms with Crippen molar-refractivity contribution in [3.05, 3.63) is 181 Å². The second-order valence-electron chi connectivity index (χ2n) is 14.5. The van der Waals surface area contributed by atoms with E-state index < -0.39 is 0 Å². The molecule has 2 nitrogen and oxygen atoms in total. The Hall–Kier alpha value is -6.38.